The standard InChI is InChI=1S/C19H17F2N3O/c20-15-7-5-14(6-8-15)18(13-22)23-9-11-24(12-10-23)19(25)16-3-1-2-4-17(16)21/h1-8,18H,9-12H2. The predicted octanol–water partition coefficient (Wildman–Crippen LogP) is 2.99. The van der Waals surface area contributed by atoms with Gasteiger partial charge in [0.15, 0.2) is 0 Å². The maximum atomic E-state index is 13.8. The Morgan fingerprint density at radius 3 is 2.24 bits per heavy atom. The molecule has 1 aliphatic rings. The molecule has 0 aliphatic carbocycles. The van der Waals surface area contributed by atoms with E-state index in [9.17, 15) is 18.8 Å². The van der Waals surface area contributed by atoms with E-state index in [1.54, 1.807) is 29.2 Å². The molecule has 0 aromatic heterocycles. The summed E-state index contributed by atoms with van der Waals surface area (Å²) in [5.41, 5.74) is 0.782. The topological polar surface area (TPSA) is 47.3 Å². The van der Waals surface area contributed by atoms with Gasteiger partial charge in [0, 0.05) is 26.2 Å². The maximum absolute atomic E-state index is 13.8. The molecule has 0 bridgehead atoms. The molecule has 25 heavy (non-hydrogen) atoms. The van der Waals surface area contributed by atoms with Gasteiger partial charge in [-0.1, -0.05) is 24.3 Å². The minimum atomic E-state index is -0.531. The SMILES string of the molecule is N#CC(c1ccc(F)cc1)N1CCN(C(=O)c2ccccc2F)CC1. The summed E-state index contributed by atoms with van der Waals surface area (Å²) in [5, 5.41) is 9.47. The fourth-order valence-corrected chi connectivity index (χ4v) is 3.00. The third kappa shape index (κ3) is 3.67. The average Bonchev–Trinajstić information content (AvgIpc) is 2.64. The molecule has 1 saturated heterocycles. The molecule has 0 spiro atoms. The Bertz CT molecular complexity index is 793. The average molecular weight is 341 g/mol. The molecular weight excluding hydrogens is 324 g/mol. The second-order valence-electron chi connectivity index (χ2n) is 5.89. The quantitative estimate of drug-likeness (QED) is 0.862. The van der Waals surface area contributed by atoms with Crippen molar-refractivity contribution < 1.29 is 13.6 Å². The van der Waals surface area contributed by atoms with E-state index >= 15 is 0 Å². The number of halogens is 2. The second-order valence-corrected chi connectivity index (χ2v) is 5.89. The summed E-state index contributed by atoms with van der Waals surface area (Å²) in [6, 6.07) is 13.5. The Hall–Kier alpha value is -2.78. The summed E-state index contributed by atoms with van der Waals surface area (Å²) in [7, 11) is 0. The van der Waals surface area contributed by atoms with Gasteiger partial charge in [-0.25, -0.2) is 8.78 Å². The molecule has 1 fully saturated rings. The van der Waals surface area contributed by atoms with Crippen LogP contribution in [0.2, 0.25) is 0 Å². The monoisotopic (exact) mass is 341 g/mol. The highest BCUT2D eigenvalue weighted by Gasteiger charge is 2.28. The lowest BCUT2D eigenvalue weighted by atomic mass is 10.1. The number of benzene rings is 2. The lowest BCUT2D eigenvalue weighted by Gasteiger charge is -2.37. The highest BCUT2D eigenvalue weighted by atomic mass is 19.1. The zero-order valence-corrected chi connectivity index (χ0v) is 13.5. The van der Waals surface area contributed by atoms with Crippen LogP contribution in [-0.4, -0.2) is 41.9 Å². The van der Waals surface area contributed by atoms with Gasteiger partial charge in [0.2, 0.25) is 0 Å². The van der Waals surface area contributed by atoms with Crippen molar-refractivity contribution in [3.8, 4) is 6.07 Å². The fourth-order valence-electron chi connectivity index (χ4n) is 3.00. The molecule has 6 heteroatoms. The third-order valence-corrected chi connectivity index (χ3v) is 4.38. The van der Waals surface area contributed by atoms with Crippen LogP contribution in [-0.2, 0) is 0 Å². The number of amides is 1. The molecule has 4 nitrogen and oxygen atoms in total. The van der Waals surface area contributed by atoms with Crippen LogP contribution in [0.4, 0.5) is 8.78 Å². The summed E-state index contributed by atoms with van der Waals surface area (Å²) in [6.45, 7) is 1.81. The van der Waals surface area contributed by atoms with Gasteiger partial charge in [-0.15, -0.1) is 0 Å². The Morgan fingerprint density at radius 2 is 1.64 bits per heavy atom. The van der Waals surface area contributed by atoms with Crippen LogP contribution >= 0.6 is 0 Å². The molecule has 3 rings (SSSR count). The number of nitrogens with zero attached hydrogens (tertiary/aromatic N) is 3. The summed E-state index contributed by atoms with van der Waals surface area (Å²) in [5.74, 6) is -1.22. The van der Waals surface area contributed by atoms with E-state index in [0.717, 1.165) is 5.56 Å². The smallest absolute Gasteiger partial charge is 0.256 e. The maximum Gasteiger partial charge on any atom is 0.256 e. The number of carbonyl (C=O) groups is 1. The molecule has 1 aliphatic heterocycles. The van der Waals surface area contributed by atoms with Crippen LogP contribution in [0.5, 0.6) is 0 Å². The van der Waals surface area contributed by atoms with Gasteiger partial charge in [0.25, 0.3) is 5.91 Å². The van der Waals surface area contributed by atoms with Crippen molar-refractivity contribution >= 4 is 5.91 Å². The van der Waals surface area contributed by atoms with Crippen molar-refractivity contribution in [1.29, 1.82) is 5.26 Å². The Labute approximate surface area is 144 Å². The van der Waals surface area contributed by atoms with Crippen molar-refractivity contribution in [2.24, 2.45) is 0 Å². The number of carbonyl (C=O) groups excluding carboxylic acids is 1. The molecule has 0 N–H and O–H groups in total. The van der Waals surface area contributed by atoms with E-state index in [-0.39, 0.29) is 17.3 Å². The van der Waals surface area contributed by atoms with Crippen LogP contribution in [0.15, 0.2) is 48.5 Å². The van der Waals surface area contributed by atoms with Crippen LogP contribution in [0.1, 0.15) is 22.0 Å². The Kier molecular flexibility index (Phi) is 5.05. The molecule has 128 valence electrons. The van der Waals surface area contributed by atoms with E-state index in [4.69, 9.17) is 0 Å². The van der Waals surface area contributed by atoms with Crippen LogP contribution in [0, 0.1) is 23.0 Å². The van der Waals surface area contributed by atoms with Crippen molar-refractivity contribution in [2.75, 3.05) is 26.2 Å². The number of hydrogen-bond acceptors (Lipinski definition) is 3. The van der Waals surface area contributed by atoms with E-state index in [1.165, 1.54) is 24.3 Å². The number of rotatable bonds is 3. The first kappa shape index (κ1) is 17.1. The summed E-state index contributed by atoms with van der Waals surface area (Å²) in [6.07, 6.45) is 0. The predicted molar refractivity (Wildman–Crippen MR) is 88.6 cm³/mol. The summed E-state index contributed by atoms with van der Waals surface area (Å²) >= 11 is 0. The third-order valence-electron chi connectivity index (χ3n) is 4.38. The molecule has 1 heterocycles. The molecule has 1 unspecified atom stereocenters. The number of nitriles is 1. The van der Waals surface area contributed by atoms with Gasteiger partial charge in [-0.2, -0.15) is 5.26 Å². The van der Waals surface area contributed by atoms with E-state index in [0.29, 0.717) is 26.2 Å². The molecule has 2 aromatic carbocycles. The van der Waals surface area contributed by atoms with Gasteiger partial charge in [-0.3, -0.25) is 9.69 Å². The minimum absolute atomic E-state index is 0.0614. The van der Waals surface area contributed by atoms with E-state index < -0.39 is 11.9 Å². The second kappa shape index (κ2) is 7.41. The first-order valence-electron chi connectivity index (χ1n) is 8.03. The van der Waals surface area contributed by atoms with Crippen LogP contribution in [0.25, 0.3) is 0 Å². The zero-order valence-electron chi connectivity index (χ0n) is 13.5. The lowest BCUT2D eigenvalue weighted by Crippen LogP contribution is -2.49. The van der Waals surface area contributed by atoms with E-state index in [2.05, 4.69) is 6.07 Å². The first-order chi connectivity index (χ1) is 12.1. The van der Waals surface area contributed by atoms with Crippen molar-refractivity contribution in [1.82, 2.24) is 9.80 Å². The zero-order chi connectivity index (χ0) is 17.8. The summed E-state index contributed by atoms with van der Waals surface area (Å²) < 4.78 is 26.8. The lowest BCUT2D eigenvalue weighted by molar-refractivity contribution is 0.0602. The molecular formula is C19H17F2N3O. The first-order valence-corrected chi connectivity index (χ1v) is 8.03. The van der Waals surface area contributed by atoms with Gasteiger partial charge < -0.3 is 4.90 Å². The Morgan fingerprint density at radius 1 is 1.00 bits per heavy atom. The molecule has 1 amide bonds. The minimum Gasteiger partial charge on any atom is -0.336 e. The fraction of sp³-hybridized carbons (Fsp3) is 0.263. The number of piperazine rings is 1. The Balaban J connectivity index is 1.67. The highest BCUT2D eigenvalue weighted by Crippen LogP contribution is 2.22. The van der Waals surface area contributed by atoms with Gasteiger partial charge in [0.05, 0.1) is 11.6 Å². The van der Waals surface area contributed by atoms with Crippen molar-refractivity contribution in [3.05, 3.63) is 71.3 Å². The normalized spacial score (nSPS) is 16.3. The largest absolute Gasteiger partial charge is 0.336 e. The summed E-state index contributed by atoms with van der Waals surface area (Å²) in [4.78, 5) is 16.0. The van der Waals surface area contributed by atoms with Crippen LogP contribution < -0.4 is 0 Å². The molecule has 0 radical (unpaired) electrons. The van der Waals surface area contributed by atoms with Crippen LogP contribution in [0.3, 0.4) is 0 Å². The van der Waals surface area contributed by atoms with Gasteiger partial charge in [0.1, 0.15) is 17.7 Å². The van der Waals surface area contributed by atoms with Gasteiger partial charge in [-0.05, 0) is 29.8 Å². The van der Waals surface area contributed by atoms with E-state index in [1.807, 2.05) is 4.90 Å². The van der Waals surface area contributed by atoms with Crippen molar-refractivity contribution in [3.63, 3.8) is 0 Å². The highest BCUT2D eigenvalue weighted by molar-refractivity contribution is 5.94. The number of hydrogen-bond donors (Lipinski definition) is 0. The molecule has 0 saturated carbocycles. The molecule has 1 atom stereocenters. The van der Waals surface area contributed by atoms with Crippen molar-refractivity contribution in [2.45, 2.75) is 6.04 Å². The van der Waals surface area contributed by atoms with Gasteiger partial charge >= 0.3 is 0 Å². The molecule has 2 aromatic rings.